The van der Waals surface area contributed by atoms with Crippen molar-refractivity contribution < 1.29 is 9.32 Å². The minimum atomic E-state index is -0.985. The van der Waals surface area contributed by atoms with Gasteiger partial charge in [0.05, 0.1) is 22.9 Å². The summed E-state index contributed by atoms with van der Waals surface area (Å²) in [7, 11) is -0.985. The quantitative estimate of drug-likeness (QED) is 0.727. The third kappa shape index (κ3) is 3.68. The molecule has 0 saturated carbocycles. The largest absolute Gasteiger partial charge is 0.395 e. The molecule has 27 heavy (non-hydrogen) atoms. The van der Waals surface area contributed by atoms with Crippen molar-refractivity contribution in [1.82, 2.24) is 4.98 Å². The second-order valence-electron chi connectivity index (χ2n) is 6.78. The van der Waals surface area contributed by atoms with Crippen molar-refractivity contribution in [3.8, 4) is 0 Å². The monoisotopic (exact) mass is 381 g/mol. The fourth-order valence-electron chi connectivity index (χ4n) is 3.46. The second-order valence-corrected chi connectivity index (χ2v) is 8.32. The van der Waals surface area contributed by atoms with Crippen LogP contribution in [-0.4, -0.2) is 39.7 Å². The van der Waals surface area contributed by atoms with E-state index in [0.29, 0.717) is 25.4 Å². The van der Waals surface area contributed by atoms with Gasteiger partial charge >= 0.3 is 0 Å². The SMILES string of the molecule is Cc1ccc2nc(N3CCS(=O)c4ccccc4C3)cc(NCCO)c2c1. The minimum Gasteiger partial charge on any atom is -0.395 e. The molecule has 0 amide bonds. The fraction of sp³-hybridized carbons (Fsp3) is 0.286. The Morgan fingerprint density at radius 1 is 1.22 bits per heavy atom. The average Bonchev–Trinajstić information content (AvgIpc) is 2.85. The van der Waals surface area contributed by atoms with Crippen molar-refractivity contribution in [2.24, 2.45) is 0 Å². The first-order chi connectivity index (χ1) is 13.2. The van der Waals surface area contributed by atoms with Gasteiger partial charge in [-0.2, -0.15) is 0 Å². The van der Waals surface area contributed by atoms with Crippen molar-refractivity contribution >= 4 is 33.2 Å². The molecule has 5 nitrogen and oxygen atoms in total. The number of aryl methyl sites for hydroxylation is 1. The normalized spacial score (nSPS) is 16.8. The van der Waals surface area contributed by atoms with E-state index in [0.717, 1.165) is 32.9 Å². The summed E-state index contributed by atoms with van der Waals surface area (Å²) < 4.78 is 12.6. The Balaban J connectivity index is 1.77. The van der Waals surface area contributed by atoms with Crippen LogP contribution in [0.15, 0.2) is 53.4 Å². The Morgan fingerprint density at radius 3 is 2.93 bits per heavy atom. The summed E-state index contributed by atoms with van der Waals surface area (Å²) in [6.07, 6.45) is 0. The number of hydrogen-bond donors (Lipinski definition) is 2. The van der Waals surface area contributed by atoms with Gasteiger partial charge in [0.2, 0.25) is 0 Å². The Kier molecular flexibility index (Phi) is 5.09. The molecule has 0 saturated heterocycles. The standard InChI is InChI=1S/C21H23N3O2S/c1-15-6-7-18-17(12-15)19(22-8-10-25)13-21(23-18)24-9-11-27(26)20-5-3-2-4-16(20)14-24/h2-7,12-13,25H,8-11,14H2,1H3,(H,22,23). The summed E-state index contributed by atoms with van der Waals surface area (Å²) in [5.41, 5.74) is 4.13. The van der Waals surface area contributed by atoms with Crippen LogP contribution in [0.4, 0.5) is 11.5 Å². The smallest absolute Gasteiger partial charge is 0.131 e. The third-order valence-electron chi connectivity index (χ3n) is 4.83. The van der Waals surface area contributed by atoms with Crippen molar-refractivity contribution in [2.75, 3.05) is 35.7 Å². The molecule has 1 aromatic heterocycles. The average molecular weight is 382 g/mol. The minimum absolute atomic E-state index is 0.0705. The molecular weight excluding hydrogens is 358 g/mol. The molecule has 6 heteroatoms. The molecule has 2 N–H and O–H groups in total. The van der Waals surface area contributed by atoms with E-state index in [1.807, 2.05) is 36.4 Å². The lowest BCUT2D eigenvalue weighted by Crippen LogP contribution is -2.26. The van der Waals surface area contributed by atoms with Crippen molar-refractivity contribution in [3.63, 3.8) is 0 Å². The molecular formula is C21H23N3O2S. The molecule has 1 aliphatic heterocycles. The van der Waals surface area contributed by atoms with Crippen LogP contribution in [0.5, 0.6) is 0 Å². The summed E-state index contributed by atoms with van der Waals surface area (Å²) in [5, 5.41) is 13.6. The van der Waals surface area contributed by atoms with Gasteiger partial charge in [0.15, 0.2) is 0 Å². The number of fused-ring (bicyclic) bond motifs is 2. The van der Waals surface area contributed by atoms with Crippen LogP contribution in [0.25, 0.3) is 10.9 Å². The Morgan fingerprint density at radius 2 is 2.07 bits per heavy atom. The van der Waals surface area contributed by atoms with E-state index in [9.17, 15) is 9.32 Å². The van der Waals surface area contributed by atoms with Gasteiger partial charge in [-0.05, 0) is 30.7 Å². The van der Waals surface area contributed by atoms with Crippen LogP contribution >= 0.6 is 0 Å². The van der Waals surface area contributed by atoms with E-state index < -0.39 is 10.8 Å². The Labute approximate surface area is 161 Å². The molecule has 1 unspecified atom stereocenters. The number of aliphatic hydroxyl groups excluding tert-OH is 1. The maximum Gasteiger partial charge on any atom is 0.131 e. The topological polar surface area (TPSA) is 65.5 Å². The number of aromatic nitrogens is 1. The van der Waals surface area contributed by atoms with Gasteiger partial charge in [-0.3, -0.25) is 4.21 Å². The summed E-state index contributed by atoms with van der Waals surface area (Å²) >= 11 is 0. The van der Waals surface area contributed by atoms with Crippen LogP contribution in [0.1, 0.15) is 11.1 Å². The molecule has 140 valence electrons. The zero-order valence-corrected chi connectivity index (χ0v) is 16.1. The molecule has 0 bridgehead atoms. The Hall–Kier alpha value is -2.44. The lowest BCUT2D eigenvalue weighted by Gasteiger charge is -2.23. The molecule has 0 fully saturated rings. The van der Waals surface area contributed by atoms with Crippen molar-refractivity contribution in [1.29, 1.82) is 0 Å². The number of anilines is 2. The first-order valence-corrected chi connectivity index (χ1v) is 10.4. The number of rotatable bonds is 4. The third-order valence-corrected chi connectivity index (χ3v) is 6.27. The van der Waals surface area contributed by atoms with Crippen molar-refractivity contribution in [2.45, 2.75) is 18.4 Å². The van der Waals surface area contributed by atoms with Gasteiger partial charge in [-0.15, -0.1) is 0 Å². The highest BCUT2D eigenvalue weighted by Crippen LogP contribution is 2.30. The van der Waals surface area contributed by atoms with E-state index in [2.05, 4.69) is 29.3 Å². The summed E-state index contributed by atoms with van der Waals surface area (Å²) in [6, 6.07) is 16.2. The number of nitrogens with one attached hydrogen (secondary N) is 1. The van der Waals surface area contributed by atoms with Gasteiger partial charge in [0.25, 0.3) is 0 Å². The van der Waals surface area contributed by atoms with Gasteiger partial charge in [0.1, 0.15) is 5.82 Å². The lowest BCUT2D eigenvalue weighted by atomic mass is 10.1. The predicted octanol–water partition coefficient (Wildman–Crippen LogP) is 3.08. The number of nitrogens with zero attached hydrogens (tertiary/aromatic N) is 2. The zero-order chi connectivity index (χ0) is 18.8. The molecule has 0 spiro atoms. The van der Waals surface area contributed by atoms with E-state index >= 15 is 0 Å². The summed E-state index contributed by atoms with van der Waals surface area (Å²) in [6.45, 7) is 3.99. The van der Waals surface area contributed by atoms with E-state index in [1.54, 1.807) is 0 Å². The highest BCUT2D eigenvalue weighted by molar-refractivity contribution is 7.85. The maximum atomic E-state index is 12.6. The summed E-state index contributed by atoms with van der Waals surface area (Å²) in [4.78, 5) is 7.99. The number of benzene rings is 2. The summed E-state index contributed by atoms with van der Waals surface area (Å²) in [5.74, 6) is 1.45. The molecule has 1 atom stereocenters. The molecule has 0 radical (unpaired) electrons. The Bertz CT molecular complexity index is 1010. The highest BCUT2D eigenvalue weighted by atomic mass is 32.2. The number of pyridine rings is 1. The van der Waals surface area contributed by atoms with E-state index in [4.69, 9.17) is 4.98 Å². The second kappa shape index (κ2) is 7.66. The van der Waals surface area contributed by atoms with Crippen LogP contribution < -0.4 is 10.2 Å². The predicted molar refractivity (Wildman–Crippen MR) is 111 cm³/mol. The lowest BCUT2D eigenvalue weighted by molar-refractivity contribution is 0.311. The highest BCUT2D eigenvalue weighted by Gasteiger charge is 2.21. The number of aliphatic hydroxyl groups is 1. The molecule has 1 aliphatic rings. The van der Waals surface area contributed by atoms with Crippen LogP contribution in [0.3, 0.4) is 0 Å². The number of hydrogen-bond acceptors (Lipinski definition) is 5. The first-order valence-electron chi connectivity index (χ1n) is 9.13. The van der Waals surface area contributed by atoms with Crippen LogP contribution in [0.2, 0.25) is 0 Å². The zero-order valence-electron chi connectivity index (χ0n) is 15.3. The van der Waals surface area contributed by atoms with Crippen LogP contribution in [0, 0.1) is 6.92 Å². The maximum absolute atomic E-state index is 12.6. The first kappa shape index (κ1) is 17.9. The van der Waals surface area contributed by atoms with Crippen molar-refractivity contribution in [3.05, 3.63) is 59.7 Å². The van der Waals surface area contributed by atoms with E-state index in [1.165, 1.54) is 5.56 Å². The van der Waals surface area contributed by atoms with Gasteiger partial charge in [0, 0.05) is 47.4 Å². The molecule has 2 heterocycles. The molecule has 0 aliphatic carbocycles. The van der Waals surface area contributed by atoms with Gasteiger partial charge in [-0.25, -0.2) is 4.98 Å². The van der Waals surface area contributed by atoms with E-state index in [-0.39, 0.29) is 6.61 Å². The fourth-order valence-corrected chi connectivity index (χ4v) is 4.73. The van der Waals surface area contributed by atoms with Gasteiger partial charge in [-0.1, -0.05) is 29.8 Å². The van der Waals surface area contributed by atoms with Gasteiger partial charge < -0.3 is 15.3 Å². The molecule has 3 aromatic rings. The van der Waals surface area contributed by atoms with Crippen LogP contribution in [-0.2, 0) is 17.3 Å². The molecule has 2 aromatic carbocycles. The molecule has 4 rings (SSSR count).